The predicted octanol–water partition coefficient (Wildman–Crippen LogP) is 5.15. The first kappa shape index (κ1) is 28.8. The van der Waals surface area contributed by atoms with Crippen LogP contribution in [0.3, 0.4) is 0 Å². The molecule has 42 heavy (non-hydrogen) atoms. The third-order valence-electron chi connectivity index (χ3n) is 8.22. The van der Waals surface area contributed by atoms with E-state index in [1.807, 2.05) is 35.4 Å². The zero-order valence-electron chi connectivity index (χ0n) is 22.4. The maximum Gasteiger partial charge on any atom is 0.262 e. The molecule has 2 aliphatic heterocycles. The number of piperidine rings is 1. The highest BCUT2D eigenvalue weighted by Crippen LogP contribution is 2.34. The number of carbonyl (C=O) groups is 4. The second-order valence-corrected chi connectivity index (χ2v) is 12.6. The van der Waals surface area contributed by atoms with Gasteiger partial charge in [-0.2, -0.15) is 0 Å². The molecule has 0 bridgehead atoms. The number of imide groups is 1. The van der Waals surface area contributed by atoms with Crippen LogP contribution < -0.4 is 10.2 Å². The lowest BCUT2D eigenvalue weighted by atomic mass is 9.84. The average Bonchev–Trinajstić information content (AvgIpc) is 3.55. The van der Waals surface area contributed by atoms with E-state index < -0.39 is 23.8 Å². The Balaban J connectivity index is 1.02. The summed E-state index contributed by atoms with van der Waals surface area (Å²) < 4.78 is 2.65. The zero-order valence-corrected chi connectivity index (χ0v) is 25.5. The van der Waals surface area contributed by atoms with Gasteiger partial charge < -0.3 is 10.2 Å². The Morgan fingerprint density at radius 2 is 1.60 bits per heavy atom. The number of hydrogen-bond donors (Lipinski definition) is 1. The van der Waals surface area contributed by atoms with Gasteiger partial charge in [-0.25, -0.2) is 4.68 Å². The van der Waals surface area contributed by atoms with Crippen molar-refractivity contribution in [3.63, 3.8) is 0 Å². The van der Waals surface area contributed by atoms with Crippen LogP contribution in [0, 0.1) is 0 Å². The third-order valence-corrected chi connectivity index (χ3v) is 9.47. The number of halogens is 3. The first-order chi connectivity index (χ1) is 20.2. The van der Waals surface area contributed by atoms with E-state index in [0.717, 1.165) is 52.9 Å². The minimum absolute atomic E-state index is 0.00991. The van der Waals surface area contributed by atoms with Crippen molar-refractivity contribution in [1.82, 2.24) is 25.2 Å². The number of hydrogen-bond acceptors (Lipinski definition) is 6. The number of amides is 4. The quantitative estimate of drug-likeness (QED) is 0.362. The first-order valence-electron chi connectivity index (χ1n) is 13.8. The van der Waals surface area contributed by atoms with Crippen LogP contribution in [-0.4, -0.2) is 62.7 Å². The number of anilines is 1. The molecule has 6 rings (SSSR count). The number of aromatic nitrogens is 3. The van der Waals surface area contributed by atoms with Gasteiger partial charge in [-0.15, -0.1) is 5.10 Å². The minimum Gasteiger partial charge on any atom is -0.352 e. The molecule has 1 N–H and O–H groups in total. The van der Waals surface area contributed by atoms with E-state index in [9.17, 15) is 19.2 Å². The summed E-state index contributed by atoms with van der Waals surface area (Å²) in [7, 11) is 0. The second kappa shape index (κ2) is 11.8. The molecular weight excluding hydrogens is 647 g/mol. The van der Waals surface area contributed by atoms with Gasteiger partial charge in [0.1, 0.15) is 12.6 Å². The molecule has 1 saturated heterocycles. The molecule has 3 aromatic rings. The van der Waals surface area contributed by atoms with Crippen molar-refractivity contribution >= 4 is 68.4 Å². The number of rotatable bonds is 6. The summed E-state index contributed by atoms with van der Waals surface area (Å²) in [4.78, 5) is 54.3. The summed E-state index contributed by atoms with van der Waals surface area (Å²) in [6.45, 7) is 0.298. The van der Waals surface area contributed by atoms with Gasteiger partial charge in [0.05, 0.1) is 26.9 Å². The molecule has 3 heterocycles. The highest BCUT2D eigenvalue weighted by atomic mass is 79.9. The van der Waals surface area contributed by atoms with Gasteiger partial charge in [0.15, 0.2) is 0 Å². The lowest BCUT2D eigenvalue weighted by Gasteiger charge is -2.32. The molecule has 218 valence electrons. The monoisotopic (exact) mass is 672 g/mol. The molecule has 0 spiro atoms. The van der Waals surface area contributed by atoms with E-state index in [1.54, 1.807) is 4.68 Å². The van der Waals surface area contributed by atoms with Crippen molar-refractivity contribution < 1.29 is 19.2 Å². The molecule has 4 amide bonds. The second-order valence-electron chi connectivity index (χ2n) is 10.9. The predicted molar refractivity (Wildman–Crippen MR) is 160 cm³/mol. The standard InChI is InChI=1S/C29H27BrCl2N6O4/c30-17-5-9-19(10-6-17)36-11-1-2-25(29(36)42)38-14-24(34-35-38)16-3-7-18(8-4-16)33-26(39)15-37-27(40)20-12-22(31)23(32)13-21(20)28(37)41/h5-6,9-10,12-14,16,18,25H,1-4,7-8,11,15H2,(H,33,39). The fourth-order valence-corrected chi connectivity index (χ4v) is 6.58. The molecule has 1 atom stereocenters. The minimum atomic E-state index is -0.563. The van der Waals surface area contributed by atoms with Crippen LogP contribution in [0.5, 0.6) is 0 Å². The summed E-state index contributed by atoms with van der Waals surface area (Å²) >= 11 is 15.4. The summed E-state index contributed by atoms with van der Waals surface area (Å²) in [6.07, 6.45) is 6.48. The fourth-order valence-electron chi connectivity index (χ4n) is 5.99. The molecule has 3 aliphatic rings. The SMILES string of the molecule is O=C(CN1C(=O)c2cc(Cl)c(Cl)cc2C1=O)NC1CCC(c2cn(C3CCCN(c4ccc(Br)cc4)C3=O)nn2)CC1. The molecule has 13 heteroatoms. The van der Waals surface area contributed by atoms with Gasteiger partial charge in [0.25, 0.3) is 17.7 Å². The Morgan fingerprint density at radius 1 is 0.952 bits per heavy atom. The van der Waals surface area contributed by atoms with Crippen molar-refractivity contribution in [1.29, 1.82) is 0 Å². The van der Waals surface area contributed by atoms with Crippen molar-refractivity contribution in [2.24, 2.45) is 0 Å². The molecule has 2 aromatic carbocycles. The van der Waals surface area contributed by atoms with Gasteiger partial charge >= 0.3 is 0 Å². The topological polar surface area (TPSA) is 118 Å². The van der Waals surface area contributed by atoms with Crippen LogP contribution in [0.15, 0.2) is 47.1 Å². The molecule has 0 radical (unpaired) electrons. The van der Waals surface area contributed by atoms with Crippen LogP contribution in [0.4, 0.5) is 5.69 Å². The number of carbonyl (C=O) groups excluding carboxylic acids is 4. The van der Waals surface area contributed by atoms with Crippen LogP contribution in [0.25, 0.3) is 0 Å². The lowest BCUT2D eigenvalue weighted by molar-refractivity contribution is -0.123. The van der Waals surface area contributed by atoms with E-state index in [0.29, 0.717) is 13.0 Å². The van der Waals surface area contributed by atoms with Gasteiger partial charge in [-0.1, -0.05) is 44.3 Å². The number of nitrogens with zero attached hydrogens (tertiary/aromatic N) is 5. The van der Waals surface area contributed by atoms with Crippen LogP contribution in [-0.2, 0) is 9.59 Å². The summed E-state index contributed by atoms with van der Waals surface area (Å²) in [5, 5.41) is 12.1. The first-order valence-corrected chi connectivity index (χ1v) is 15.4. The van der Waals surface area contributed by atoms with E-state index in [1.165, 1.54) is 12.1 Å². The Kier molecular flexibility index (Phi) is 8.08. The lowest BCUT2D eigenvalue weighted by Crippen LogP contribution is -2.45. The Bertz CT molecular complexity index is 1530. The zero-order chi connectivity index (χ0) is 29.5. The van der Waals surface area contributed by atoms with E-state index >= 15 is 0 Å². The normalized spacial score (nSPS) is 22.5. The van der Waals surface area contributed by atoms with Crippen LogP contribution >= 0.6 is 39.1 Å². The van der Waals surface area contributed by atoms with Crippen LogP contribution in [0.2, 0.25) is 10.0 Å². The smallest absolute Gasteiger partial charge is 0.262 e. The number of benzene rings is 2. The third kappa shape index (κ3) is 5.57. The molecule has 1 aliphatic carbocycles. The molecule has 1 aromatic heterocycles. The van der Waals surface area contributed by atoms with E-state index in [4.69, 9.17) is 23.2 Å². The van der Waals surface area contributed by atoms with Gasteiger partial charge in [-0.05, 0) is 74.9 Å². The maximum absolute atomic E-state index is 13.3. The Morgan fingerprint density at radius 3 is 2.24 bits per heavy atom. The molecule has 2 fully saturated rings. The van der Waals surface area contributed by atoms with Gasteiger partial charge in [0, 0.05) is 34.9 Å². The number of nitrogens with one attached hydrogen (secondary N) is 1. The molecular formula is C29H27BrCl2N6O4. The van der Waals surface area contributed by atoms with Gasteiger partial charge in [0.2, 0.25) is 5.91 Å². The summed E-state index contributed by atoms with van der Waals surface area (Å²) in [5.41, 5.74) is 2.00. The van der Waals surface area contributed by atoms with Crippen LogP contribution in [0.1, 0.15) is 76.9 Å². The number of fused-ring (bicyclic) bond motifs is 1. The summed E-state index contributed by atoms with van der Waals surface area (Å²) in [5.74, 6) is -1.35. The van der Waals surface area contributed by atoms with Crippen molar-refractivity contribution in [3.8, 4) is 0 Å². The maximum atomic E-state index is 13.3. The van der Waals surface area contributed by atoms with E-state index in [-0.39, 0.29) is 45.6 Å². The van der Waals surface area contributed by atoms with Gasteiger partial charge in [-0.3, -0.25) is 24.1 Å². The molecule has 1 saturated carbocycles. The van der Waals surface area contributed by atoms with Crippen molar-refractivity contribution in [3.05, 3.63) is 73.9 Å². The average molecular weight is 674 g/mol. The molecule has 1 unspecified atom stereocenters. The highest BCUT2D eigenvalue weighted by Gasteiger charge is 2.38. The Hall–Kier alpha value is -3.28. The summed E-state index contributed by atoms with van der Waals surface area (Å²) in [6, 6.07) is 9.96. The largest absolute Gasteiger partial charge is 0.352 e. The molecule has 10 nitrogen and oxygen atoms in total. The van der Waals surface area contributed by atoms with Crippen molar-refractivity contribution in [2.75, 3.05) is 18.0 Å². The Labute approximate surface area is 260 Å². The van der Waals surface area contributed by atoms with Crippen molar-refractivity contribution in [2.45, 2.75) is 56.5 Å². The highest BCUT2D eigenvalue weighted by molar-refractivity contribution is 9.10. The fraction of sp³-hybridized carbons (Fsp3) is 0.379. The van der Waals surface area contributed by atoms with E-state index in [2.05, 4.69) is 31.6 Å².